The van der Waals surface area contributed by atoms with Crippen molar-refractivity contribution >= 4 is 16.9 Å². The molecule has 5 nitrogen and oxygen atoms in total. The van der Waals surface area contributed by atoms with Crippen molar-refractivity contribution in [2.75, 3.05) is 13.1 Å². The number of benzene rings is 1. The number of carboxylic acid groups (broad SMARTS) is 1. The molecular weight excluding hydrogens is 314 g/mol. The molecule has 3 aromatic rings. The average Bonchev–Trinajstić information content (AvgIpc) is 3.07. The van der Waals surface area contributed by atoms with E-state index in [1.54, 1.807) is 18.3 Å². The van der Waals surface area contributed by atoms with Crippen LogP contribution in [0.25, 0.3) is 10.9 Å². The Hall–Kier alpha value is -2.66. The van der Waals surface area contributed by atoms with Gasteiger partial charge in [-0.1, -0.05) is 18.2 Å². The lowest BCUT2D eigenvalue weighted by Crippen LogP contribution is -2.33. The number of likely N-dealkylation sites (tertiary alicyclic amines) is 1. The molecule has 0 amide bonds. The Bertz CT molecular complexity index is 895. The molecule has 2 N–H and O–H groups in total. The van der Waals surface area contributed by atoms with Crippen LogP contribution < -0.4 is 0 Å². The summed E-state index contributed by atoms with van der Waals surface area (Å²) in [5.74, 6) is -0.355. The van der Waals surface area contributed by atoms with Crippen LogP contribution in [0.4, 0.5) is 0 Å². The Labute approximate surface area is 146 Å². The van der Waals surface area contributed by atoms with Gasteiger partial charge >= 0.3 is 5.97 Å². The summed E-state index contributed by atoms with van der Waals surface area (Å²) in [4.78, 5) is 21.3. The molecule has 1 saturated heterocycles. The molecule has 0 atom stereocenters. The van der Waals surface area contributed by atoms with Gasteiger partial charge in [-0.2, -0.15) is 0 Å². The van der Waals surface area contributed by atoms with Gasteiger partial charge in [0.05, 0.1) is 11.3 Å². The standard InChI is InChI=1S/C20H21N3O2/c24-20(25)16-5-3-9-21-19(16)13-23-10-7-14(8-11-23)17-12-22-18-6-2-1-4-15(17)18/h1-6,9,12,14,22H,7-8,10-11,13H2,(H,24,25). The number of fused-ring (bicyclic) bond motifs is 1. The van der Waals surface area contributed by atoms with Crippen LogP contribution in [0.3, 0.4) is 0 Å². The number of H-pyrrole nitrogens is 1. The molecule has 0 saturated carbocycles. The summed E-state index contributed by atoms with van der Waals surface area (Å²) in [7, 11) is 0. The Morgan fingerprint density at radius 2 is 2.00 bits per heavy atom. The van der Waals surface area contributed by atoms with E-state index in [2.05, 4.69) is 45.3 Å². The largest absolute Gasteiger partial charge is 0.478 e. The predicted octanol–water partition coefficient (Wildman–Crippen LogP) is 3.64. The normalized spacial score (nSPS) is 16.3. The zero-order valence-corrected chi connectivity index (χ0v) is 14.0. The minimum Gasteiger partial charge on any atom is -0.478 e. The van der Waals surface area contributed by atoms with Crippen LogP contribution in [0.2, 0.25) is 0 Å². The molecule has 0 bridgehead atoms. The van der Waals surface area contributed by atoms with Gasteiger partial charge in [-0.05, 0) is 55.6 Å². The molecule has 128 valence electrons. The fourth-order valence-corrected chi connectivity index (χ4v) is 3.80. The van der Waals surface area contributed by atoms with E-state index in [4.69, 9.17) is 0 Å². The summed E-state index contributed by atoms with van der Waals surface area (Å²) in [5, 5.41) is 10.6. The van der Waals surface area contributed by atoms with E-state index >= 15 is 0 Å². The third-order valence-electron chi connectivity index (χ3n) is 5.14. The van der Waals surface area contributed by atoms with Crippen molar-refractivity contribution in [3.8, 4) is 0 Å². The van der Waals surface area contributed by atoms with Crippen LogP contribution in [-0.4, -0.2) is 39.0 Å². The van der Waals surface area contributed by atoms with Crippen molar-refractivity contribution in [2.45, 2.75) is 25.3 Å². The molecule has 4 rings (SSSR count). The number of carboxylic acids is 1. The number of aromatic nitrogens is 2. The van der Waals surface area contributed by atoms with E-state index in [-0.39, 0.29) is 0 Å². The number of nitrogens with zero attached hydrogens (tertiary/aromatic N) is 2. The van der Waals surface area contributed by atoms with Crippen molar-refractivity contribution < 1.29 is 9.90 Å². The van der Waals surface area contributed by atoms with Gasteiger partial charge in [0.2, 0.25) is 0 Å². The first-order chi connectivity index (χ1) is 12.2. The third kappa shape index (κ3) is 3.15. The number of nitrogens with one attached hydrogen (secondary N) is 1. The first-order valence-electron chi connectivity index (χ1n) is 8.68. The SMILES string of the molecule is O=C(O)c1cccnc1CN1CCC(c2c[nH]c3ccccc23)CC1. The minimum absolute atomic E-state index is 0.307. The molecule has 5 heteroatoms. The summed E-state index contributed by atoms with van der Waals surface area (Å²) in [5.41, 5.74) is 3.56. The van der Waals surface area contributed by atoms with Gasteiger partial charge < -0.3 is 10.1 Å². The summed E-state index contributed by atoms with van der Waals surface area (Å²) in [6.07, 6.45) is 5.97. The molecule has 2 aromatic heterocycles. The second-order valence-electron chi connectivity index (χ2n) is 6.64. The molecule has 3 heterocycles. The van der Waals surface area contributed by atoms with Gasteiger partial charge in [-0.3, -0.25) is 9.88 Å². The van der Waals surface area contributed by atoms with Crippen LogP contribution in [0, 0.1) is 0 Å². The quantitative estimate of drug-likeness (QED) is 0.764. The van der Waals surface area contributed by atoms with Crippen LogP contribution in [0.1, 0.15) is 40.4 Å². The summed E-state index contributed by atoms with van der Waals surface area (Å²) in [6.45, 7) is 2.52. The summed E-state index contributed by atoms with van der Waals surface area (Å²) < 4.78 is 0. The molecule has 1 aromatic carbocycles. The summed E-state index contributed by atoms with van der Waals surface area (Å²) >= 11 is 0. The highest BCUT2D eigenvalue weighted by molar-refractivity contribution is 5.88. The van der Waals surface area contributed by atoms with Gasteiger partial charge in [-0.15, -0.1) is 0 Å². The first-order valence-corrected chi connectivity index (χ1v) is 8.68. The van der Waals surface area contributed by atoms with E-state index in [1.807, 2.05) is 0 Å². The lowest BCUT2D eigenvalue weighted by atomic mass is 9.89. The second kappa shape index (κ2) is 6.69. The lowest BCUT2D eigenvalue weighted by Gasteiger charge is -2.31. The third-order valence-corrected chi connectivity index (χ3v) is 5.14. The van der Waals surface area contributed by atoms with Crippen LogP contribution in [-0.2, 0) is 6.54 Å². The van der Waals surface area contributed by atoms with Crippen molar-refractivity contribution in [1.82, 2.24) is 14.9 Å². The Morgan fingerprint density at radius 1 is 1.20 bits per heavy atom. The Balaban J connectivity index is 1.45. The zero-order chi connectivity index (χ0) is 17.2. The van der Waals surface area contributed by atoms with Gasteiger partial charge in [0.25, 0.3) is 0 Å². The summed E-state index contributed by atoms with van der Waals surface area (Å²) in [6, 6.07) is 11.7. The van der Waals surface area contributed by atoms with Gasteiger partial charge in [0, 0.05) is 29.8 Å². The van der Waals surface area contributed by atoms with Gasteiger partial charge in [-0.25, -0.2) is 4.79 Å². The zero-order valence-electron chi connectivity index (χ0n) is 14.0. The number of rotatable bonds is 4. The van der Waals surface area contributed by atoms with E-state index in [9.17, 15) is 9.90 Å². The van der Waals surface area contributed by atoms with E-state index in [1.165, 1.54) is 16.5 Å². The smallest absolute Gasteiger partial charge is 0.337 e. The Kier molecular flexibility index (Phi) is 4.24. The van der Waals surface area contributed by atoms with Crippen LogP contribution in [0.15, 0.2) is 48.8 Å². The first kappa shape index (κ1) is 15.8. The molecule has 0 spiro atoms. The van der Waals surface area contributed by atoms with Crippen LogP contribution >= 0.6 is 0 Å². The molecule has 1 aliphatic heterocycles. The maximum atomic E-state index is 11.3. The number of pyridine rings is 1. The highest BCUT2D eigenvalue weighted by atomic mass is 16.4. The minimum atomic E-state index is -0.906. The number of aromatic amines is 1. The van der Waals surface area contributed by atoms with E-state index < -0.39 is 5.97 Å². The Morgan fingerprint density at radius 3 is 2.80 bits per heavy atom. The highest BCUT2D eigenvalue weighted by Gasteiger charge is 2.24. The van der Waals surface area contributed by atoms with Gasteiger partial charge in [0.1, 0.15) is 0 Å². The van der Waals surface area contributed by atoms with Gasteiger partial charge in [0.15, 0.2) is 0 Å². The fourth-order valence-electron chi connectivity index (χ4n) is 3.80. The number of para-hydroxylation sites is 1. The van der Waals surface area contributed by atoms with E-state index in [0.717, 1.165) is 25.9 Å². The van der Waals surface area contributed by atoms with Crippen molar-refractivity contribution in [3.63, 3.8) is 0 Å². The predicted molar refractivity (Wildman–Crippen MR) is 96.7 cm³/mol. The van der Waals surface area contributed by atoms with E-state index in [0.29, 0.717) is 23.7 Å². The van der Waals surface area contributed by atoms with Crippen molar-refractivity contribution in [1.29, 1.82) is 0 Å². The topological polar surface area (TPSA) is 69.2 Å². The monoisotopic (exact) mass is 335 g/mol. The number of aromatic carboxylic acids is 1. The molecule has 1 fully saturated rings. The maximum Gasteiger partial charge on any atom is 0.337 e. The highest BCUT2D eigenvalue weighted by Crippen LogP contribution is 2.33. The maximum absolute atomic E-state index is 11.3. The number of piperidine rings is 1. The molecule has 25 heavy (non-hydrogen) atoms. The molecule has 1 aliphatic rings. The number of carbonyl (C=O) groups is 1. The van der Waals surface area contributed by atoms with Crippen molar-refractivity contribution in [3.05, 3.63) is 65.6 Å². The molecule has 0 aliphatic carbocycles. The van der Waals surface area contributed by atoms with Crippen LogP contribution in [0.5, 0.6) is 0 Å². The van der Waals surface area contributed by atoms with Crippen molar-refractivity contribution in [2.24, 2.45) is 0 Å². The number of hydrogen-bond acceptors (Lipinski definition) is 3. The number of hydrogen-bond donors (Lipinski definition) is 2. The second-order valence-corrected chi connectivity index (χ2v) is 6.64. The molecule has 0 unspecified atom stereocenters. The molecular formula is C20H21N3O2. The average molecular weight is 335 g/mol. The lowest BCUT2D eigenvalue weighted by molar-refractivity contribution is 0.0693. The molecule has 0 radical (unpaired) electrons. The fraction of sp³-hybridized carbons (Fsp3) is 0.300.